The van der Waals surface area contributed by atoms with Gasteiger partial charge in [-0.1, -0.05) is 5.21 Å². The molecular formula is C12H12N6O3. The van der Waals surface area contributed by atoms with E-state index in [1.165, 1.54) is 11.1 Å². The van der Waals surface area contributed by atoms with Crippen molar-refractivity contribution < 1.29 is 14.3 Å². The molecule has 1 N–H and O–H groups in total. The Labute approximate surface area is 118 Å². The van der Waals surface area contributed by atoms with Gasteiger partial charge in [0.2, 0.25) is 0 Å². The standard InChI is InChI=1S/C12H12N6O3/c1-7-9(13-6-21-7)5-18-11(8-3-14-17(2)4-8)10(12(19)20)15-16-18/h3-4,6H,5H2,1-2H3,(H,19,20). The normalized spacial score (nSPS) is 11.0. The second-order valence-electron chi connectivity index (χ2n) is 4.51. The summed E-state index contributed by atoms with van der Waals surface area (Å²) in [5.74, 6) is -0.489. The van der Waals surface area contributed by atoms with E-state index < -0.39 is 5.97 Å². The Kier molecular flexibility index (Phi) is 3.01. The van der Waals surface area contributed by atoms with Crippen LogP contribution in [0, 0.1) is 6.92 Å². The minimum absolute atomic E-state index is 0.121. The number of hydrogen-bond donors (Lipinski definition) is 1. The van der Waals surface area contributed by atoms with Crippen molar-refractivity contribution in [2.75, 3.05) is 0 Å². The van der Waals surface area contributed by atoms with E-state index in [1.807, 2.05) is 0 Å². The molecule has 3 aromatic rings. The number of aromatic nitrogens is 6. The van der Waals surface area contributed by atoms with E-state index in [2.05, 4.69) is 20.4 Å². The maximum atomic E-state index is 11.3. The Morgan fingerprint density at radius 2 is 2.29 bits per heavy atom. The molecule has 0 aromatic carbocycles. The molecule has 108 valence electrons. The SMILES string of the molecule is Cc1ocnc1Cn1nnc(C(=O)O)c1-c1cnn(C)c1. The molecule has 0 saturated carbocycles. The van der Waals surface area contributed by atoms with Crippen molar-refractivity contribution in [3.8, 4) is 11.3 Å². The molecule has 0 radical (unpaired) electrons. The van der Waals surface area contributed by atoms with Crippen molar-refractivity contribution in [1.82, 2.24) is 29.8 Å². The number of hydrogen-bond acceptors (Lipinski definition) is 6. The number of nitrogens with zero attached hydrogens (tertiary/aromatic N) is 6. The molecule has 3 heterocycles. The van der Waals surface area contributed by atoms with E-state index in [1.54, 1.807) is 31.0 Å². The fourth-order valence-corrected chi connectivity index (χ4v) is 2.02. The topological polar surface area (TPSA) is 112 Å². The highest BCUT2D eigenvalue weighted by Crippen LogP contribution is 2.22. The predicted octanol–water partition coefficient (Wildman–Crippen LogP) is 0.722. The van der Waals surface area contributed by atoms with Gasteiger partial charge in [0.1, 0.15) is 17.1 Å². The quantitative estimate of drug-likeness (QED) is 0.752. The second kappa shape index (κ2) is 4.85. The van der Waals surface area contributed by atoms with Gasteiger partial charge >= 0.3 is 5.97 Å². The molecule has 3 rings (SSSR count). The van der Waals surface area contributed by atoms with Gasteiger partial charge in [0, 0.05) is 18.8 Å². The Hall–Kier alpha value is -2.97. The first-order valence-electron chi connectivity index (χ1n) is 6.11. The molecule has 3 aromatic heterocycles. The van der Waals surface area contributed by atoms with Gasteiger partial charge in [0.05, 0.1) is 12.7 Å². The van der Waals surface area contributed by atoms with Crippen LogP contribution in [0.3, 0.4) is 0 Å². The van der Waals surface area contributed by atoms with Gasteiger partial charge in [0.25, 0.3) is 0 Å². The molecular weight excluding hydrogens is 276 g/mol. The minimum atomic E-state index is -1.14. The number of carboxylic acids is 1. The van der Waals surface area contributed by atoms with E-state index in [0.717, 1.165) is 0 Å². The summed E-state index contributed by atoms with van der Waals surface area (Å²) in [6.45, 7) is 2.05. The molecule has 9 heteroatoms. The summed E-state index contributed by atoms with van der Waals surface area (Å²) in [6, 6.07) is 0. The zero-order chi connectivity index (χ0) is 15.0. The molecule has 0 fully saturated rings. The zero-order valence-corrected chi connectivity index (χ0v) is 11.4. The lowest BCUT2D eigenvalue weighted by Crippen LogP contribution is -2.07. The summed E-state index contributed by atoms with van der Waals surface area (Å²) >= 11 is 0. The zero-order valence-electron chi connectivity index (χ0n) is 11.4. The van der Waals surface area contributed by atoms with Crippen LogP contribution in [0.15, 0.2) is 23.2 Å². The lowest BCUT2D eigenvalue weighted by Gasteiger charge is -2.03. The molecule has 0 spiro atoms. The third-order valence-corrected chi connectivity index (χ3v) is 3.06. The second-order valence-corrected chi connectivity index (χ2v) is 4.51. The van der Waals surface area contributed by atoms with Crippen molar-refractivity contribution in [3.05, 3.63) is 35.9 Å². The summed E-state index contributed by atoms with van der Waals surface area (Å²) < 4.78 is 8.20. The summed E-state index contributed by atoms with van der Waals surface area (Å²) in [4.78, 5) is 15.4. The first kappa shape index (κ1) is 13.0. The van der Waals surface area contributed by atoms with Crippen molar-refractivity contribution in [3.63, 3.8) is 0 Å². The molecule has 0 aliphatic rings. The lowest BCUT2D eigenvalue weighted by atomic mass is 10.2. The summed E-state index contributed by atoms with van der Waals surface area (Å²) in [5, 5.41) is 20.9. The first-order valence-corrected chi connectivity index (χ1v) is 6.11. The number of aromatic carboxylic acids is 1. The van der Waals surface area contributed by atoms with Crippen LogP contribution in [0.25, 0.3) is 11.3 Å². The Morgan fingerprint density at radius 3 is 2.86 bits per heavy atom. The van der Waals surface area contributed by atoms with Gasteiger partial charge in [-0.2, -0.15) is 5.10 Å². The highest BCUT2D eigenvalue weighted by Gasteiger charge is 2.22. The van der Waals surface area contributed by atoms with Gasteiger partial charge in [-0.25, -0.2) is 14.5 Å². The van der Waals surface area contributed by atoms with Crippen LogP contribution < -0.4 is 0 Å². The van der Waals surface area contributed by atoms with Gasteiger partial charge in [-0.15, -0.1) is 5.10 Å². The predicted molar refractivity (Wildman–Crippen MR) is 69.5 cm³/mol. The minimum Gasteiger partial charge on any atom is -0.476 e. The number of carbonyl (C=O) groups is 1. The van der Waals surface area contributed by atoms with Crippen LogP contribution in [0.4, 0.5) is 0 Å². The molecule has 0 unspecified atom stereocenters. The summed E-state index contributed by atoms with van der Waals surface area (Å²) in [5.41, 5.74) is 1.56. The lowest BCUT2D eigenvalue weighted by molar-refractivity contribution is 0.0691. The third kappa shape index (κ3) is 2.29. The number of carboxylic acid groups (broad SMARTS) is 1. The van der Waals surface area contributed by atoms with Gasteiger partial charge in [0.15, 0.2) is 12.1 Å². The van der Waals surface area contributed by atoms with Gasteiger partial charge < -0.3 is 9.52 Å². The molecule has 0 amide bonds. The smallest absolute Gasteiger partial charge is 0.358 e. The molecule has 0 aliphatic heterocycles. The van der Waals surface area contributed by atoms with E-state index in [-0.39, 0.29) is 12.2 Å². The van der Waals surface area contributed by atoms with Crippen LogP contribution in [0.2, 0.25) is 0 Å². The monoisotopic (exact) mass is 288 g/mol. The summed E-state index contributed by atoms with van der Waals surface area (Å²) in [6.07, 6.45) is 4.61. The molecule has 0 atom stereocenters. The van der Waals surface area contributed by atoms with Gasteiger partial charge in [-0.3, -0.25) is 4.68 Å². The summed E-state index contributed by atoms with van der Waals surface area (Å²) in [7, 11) is 1.75. The fourth-order valence-electron chi connectivity index (χ4n) is 2.02. The molecule has 0 aliphatic carbocycles. The molecule has 0 saturated heterocycles. The third-order valence-electron chi connectivity index (χ3n) is 3.06. The first-order chi connectivity index (χ1) is 10.1. The highest BCUT2D eigenvalue weighted by atomic mass is 16.4. The van der Waals surface area contributed by atoms with E-state index in [0.29, 0.717) is 22.7 Å². The number of oxazole rings is 1. The molecule has 21 heavy (non-hydrogen) atoms. The highest BCUT2D eigenvalue weighted by molar-refractivity contribution is 5.92. The van der Waals surface area contributed by atoms with Crippen molar-refractivity contribution in [2.24, 2.45) is 7.05 Å². The largest absolute Gasteiger partial charge is 0.476 e. The fraction of sp³-hybridized carbons (Fsp3) is 0.250. The maximum Gasteiger partial charge on any atom is 0.358 e. The van der Waals surface area contributed by atoms with Gasteiger partial charge in [-0.05, 0) is 6.92 Å². The van der Waals surface area contributed by atoms with Crippen LogP contribution in [0.5, 0.6) is 0 Å². The number of aryl methyl sites for hydroxylation is 2. The molecule has 0 bridgehead atoms. The number of rotatable bonds is 4. The Morgan fingerprint density at radius 1 is 1.48 bits per heavy atom. The van der Waals surface area contributed by atoms with Crippen molar-refractivity contribution in [2.45, 2.75) is 13.5 Å². The van der Waals surface area contributed by atoms with E-state index in [4.69, 9.17) is 4.42 Å². The molecule has 9 nitrogen and oxygen atoms in total. The van der Waals surface area contributed by atoms with Crippen LogP contribution in [-0.4, -0.2) is 40.8 Å². The van der Waals surface area contributed by atoms with Crippen LogP contribution in [0.1, 0.15) is 21.9 Å². The van der Waals surface area contributed by atoms with Crippen LogP contribution in [-0.2, 0) is 13.6 Å². The average Bonchev–Trinajstić information content (AvgIpc) is 3.11. The average molecular weight is 288 g/mol. The van der Waals surface area contributed by atoms with Crippen molar-refractivity contribution >= 4 is 5.97 Å². The Bertz CT molecular complexity index is 800. The van der Waals surface area contributed by atoms with E-state index in [9.17, 15) is 9.90 Å². The van der Waals surface area contributed by atoms with E-state index >= 15 is 0 Å². The maximum absolute atomic E-state index is 11.3. The Balaban J connectivity index is 2.09. The van der Waals surface area contributed by atoms with Crippen LogP contribution >= 0.6 is 0 Å². The van der Waals surface area contributed by atoms with Crippen molar-refractivity contribution in [1.29, 1.82) is 0 Å².